The molecule has 0 aliphatic heterocycles. The van der Waals surface area contributed by atoms with Crippen LogP contribution in [0.15, 0.2) is 83.3 Å². The van der Waals surface area contributed by atoms with Gasteiger partial charge < -0.3 is 0 Å². The molecule has 134 valence electrons. The fourth-order valence-electron chi connectivity index (χ4n) is 2.99. The van der Waals surface area contributed by atoms with E-state index in [1.165, 1.54) is 0 Å². The maximum Gasteiger partial charge on any atom is 0.263 e. The Morgan fingerprint density at radius 2 is 1.81 bits per heavy atom. The fraction of sp³-hybridized carbons (Fsp3) is 0.0952. The summed E-state index contributed by atoms with van der Waals surface area (Å²) in [4.78, 5) is 12.8. The Balaban J connectivity index is 1.73. The van der Waals surface area contributed by atoms with Gasteiger partial charge in [-0.3, -0.25) is 13.8 Å². The summed E-state index contributed by atoms with van der Waals surface area (Å²) in [7, 11) is 0. The van der Waals surface area contributed by atoms with E-state index < -0.39 is 0 Å². The smallest absolute Gasteiger partial charge is 0.263 e. The van der Waals surface area contributed by atoms with E-state index in [2.05, 4.69) is 41.1 Å². The van der Waals surface area contributed by atoms with Crippen LogP contribution in [0, 0.1) is 0 Å². The molecule has 0 amide bonds. The summed E-state index contributed by atoms with van der Waals surface area (Å²) >= 11 is 1.58. The lowest BCUT2D eigenvalue weighted by Gasteiger charge is -2.09. The van der Waals surface area contributed by atoms with Crippen LogP contribution in [-0.2, 0) is 6.54 Å². The number of hydrogen-bond donors (Lipinski definition) is 0. The predicted molar refractivity (Wildman–Crippen MR) is 111 cm³/mol. The van der Waals surface area contributed by atoms with Gasteiger partial charge in [0.05, 0.1) is 10.9 Å². The minimum atomic E-state index is -0.0778. The highest BCUT2D eigenvalue weighted by Crippen LogP contribution is 2.21. The summed E-state index contributed by atoms with van der Waals surface area (Å²) in [6, 6.07) is 17.7. The molecule has 4 aromatic rings. The van der Waals surface area contributed by atoms with Crippen molar-refractivity contribution in [3.05, 3.63) is 89.2 Å². The highest BCUT2D eigenvalue weighted by Gasteiger charge is 2.15. The minimum Gasteiger partial charge on any atom is -0.272 e. The first kappa shape index (κ1) is 17.3. The van der Waals surface area contributed by atoms with Crippen molar-refractivity contribution in [1.82, 2.24) is 19.2 Å². The Morgan fingerprint density at radius 3 is 2.63 bits per heavy atom. The van der Waals surface area contributed by atoms with Crippen molar-refractivity contribution in [2.45, 2.75) is 11.7 Å². The Kier molecular flexibility index (Phi) is 4.89. The quantitative estimate of drug-likeness (QED) is 0.378. The molecular formula is C21H18N4OS. The normalized spacial score (nSPS) is 11.6. The van der Waals surface area contributed by atoms with Crippen molar-refractivity contribution >= 4 is 34.5 Å². The minimum absolute atomic E-state index is 0.0778. The lowest BCUT2D eigenvalue weighted by Crippen LogP contribution is -2.22. The zero-order chi connectivity index (χ0) is 18.6. The van der Waals surface area contributed by atoms with E-state index in [0.717, 1.165) is 22.0 Å². The van der Waals surface area contributed by atoms with Gasteiger partial charge in [0.15, 0.2) is 5.16 Å². The van der Waals surface area contributed by atoms with E-state index in [1.807, 2.05) is 46.9 Å². The number of benzene rings is 2. The molecule has 0 aliphatic carbocycles. The summed E-state index contributed by atoms with van der Waals surface area (Å²) in [5, 5.41) is 10.00. The second-order valence-corrected chi connectivity index (χ2v) is 6.95. The summed E-state index contributed by atoms with van der Waals surface area (Å²) in [6.45, 7) is 4.14. The van der Waals surface area contributed by atoms with E-state index >= 15 is 0 Å². The fourth-order valence-corrected chi connectivity index (χ4v) is 3.74. The summed E-state index contributed by atoms with van der Waals surface area (Å²) in [6.07, 6.45) is 5.88. The van der Waals surface area contributed by atoms with Crippen LogP contribution in [0.5, 0.6) is 0 Å². The average molecular weight is 374 g/mol. The monoisotopic (exact) mass is 374 g/mol. The van der Waals surface area contributed by atoms with E-state index in [4.69, 9.17) is 0 Å². The predicted octanol–water partition coefficient (Wildman–Crippen LogP) is 4.04. The van der Waals surface area contributed by atoms with E-state index in [-0.39, 0.29) is 5.56 Å². The van der Waals surface area contributed by atoms with Crippen LogP contribution in [0.2, 0.25) is 0 Å². The van der Waals surface area contributed by atoms with Crippen LogP contribution < -0.4 is 5.56 Å². The molecule has 0 unspecified atom stereocenters. The largest absolute Gasteiger partial charge is 0.272 e. The number of rotatable bonds is 6. The van der Waals surface area contributed by atoms with Gasteiger partial charge in [-0.15, -0.1) is 16.8 Å². The maximum atomic E-state index is 12.8. The first-order chi connectivity index (χ1) is 13.3. The number of para-hydroxylation sites is 1. The van der Waals surface area contributed by atoms with Gasteiger partial charge in [0.2, 0.25) is 5.78 Å². The third-order valence-electron chi connectivity index (χ3n) is 4.21. The Labute approximate surface area is 160 Å². The molecule has 2 aromatic carbocycles. The Hall–Kier alpha value is -3.12. The van der Waals surface area contributed by atoms with Crippen LogP contribution in [0.1, 0.15) is 5.56 Å². The molecule has 0 fully saturated rings. The van der Waals surface area contributed by atoms with Crippen LogP contribution in [0.3, 0.4) is 0 Å². The van der Waals surface area contributed by atoms with Crippen LogP contribution in [-0.4, -0.2) is 24.9 Å². The Morgan fingerprint density at radius 1 is 1.04 bits per heavy atom. The van der Waals surface area contributed by atoms with E-state index in [9.17, 15) is 4.79 Å². The van der Waals surface area contributed by atoms with Crippen molar-refractivity contribution in [3.63, 3.8) is 0 Å². The molecule has 4 rings (SSSR count). The van der Waals surface area contributed by atoms with Gasteiger partial charge in [0, 0.05) is 12.3 Å². The number of aromatic nitrogens is 4. The van der Waals surface area contributed by atoms with Gasteiger partial charge in [-0.1, -0.05) is 72.5 Å². The van der Waals surface area contributed by atoms with Gasteiger partial charge >= 0.3 is 0 Å². The van der Waals surface area contributed by atoms with Crippen molar-refractivity contribution in [2.75, 3.05) is 5.75 Å². The standard InChI is InChI=1S/C21H18N4OS/c1-2-14-24-19(26)17-12-6-7-13-18(17)25-20(24)22-23-21(25)27-15-8-11-16-9-4-3-5-10-16/h2-13H,1,14-15H2/b11-8+. The first-order valence-electron chi connectivity index (χ1n) is 8.61. The topological polar surface area (TPSA) is 52.2 Å². The van der Waals surface area contributed by atoms with Gasteiger partial charge in [0.1, 0.15) is 0 Å². The molecule has 0 N–H and O–H groups in total. The molecule has 0 bridgehead atoms. The number of fused-ring (bicyclic) bond motifs is 3. The maximum absolute atomic E-state index is 12.8. The van der Waals surface area contributed by atoms with Crippen molar-refractivity contribution in [2.24, 2.45) is 0 Å². The number of hydrogen-bond acceptors (Lipinski definition) is 4. The molecule has 5 nitrogen and oxygen atoms in total. The first-order valence-corrected chi connectivity index (χ1v) is 9.60. The highest BCUT2D eigenvalue weighted by atomic mass is 32.2. The van der Waals surface area contributed by atoms with Crippen molar-refractivity contribution in [1.29, 1.82) is 0 Å². The molecule has 0 spiro atoms. The molecule has 2 heterocycles. The Bertz CT molecular complexity index is 1190. The SMILES string of the molecule is C=CCn1c(=O)c2ccccc2n2c(SC/C=C/c3ccccc3)nnc12. The lowest BCUT2D eigenvalue weighted by molar-refractivity contribution is 0.783. The molecule has 6 heteroatoms. The molecule has 27 heavy (non-hydrogen) atoms. The number of thioether (sulfide) groups is 1. The summed E-state index contributed by atoms with van der Waals surface area (Å²) in [5.74, 6) is 1.29. The summed E-state index contributed by atoms with van der Waals surface area (Å²) < 4.78 is 3.55. The van der Waals surface area contributed by atoms with Gasteiger partial charge in [-0.05, 0) is 17.7 Å². The van der Waals surface area contributed by atoms with Gasteiger partial charge in [-0.25, -0.2) is 0 Å². The zero-order valence-corrected chi connectivity index (χ0v) is 15.5. The number of nitrogens with zero attached hydrogens (tertiary/aromatic N) is 4. The van der Waals surface area contributed by atoms with Gasteiger partial charge in [0.25, 0.3) is 5.56 Å². The molecule has 0 saturated heterocycles. The van der Waals surface area contributed by atoms with Crippen molar-refractivity contribution in [3.8, 4) is 0 Å². The molecule has 0 aliphatic rings. The number of allylic oxidation sites excluding steroid dienone is 1. The van der Waals surface area contributed by atoms with Gasteiger partial charge in [-0.2, -0.15) is 0 Å². The van der Waals surface area contributed by atoms with Crippen LogP contribution in [0.4, 0.5) is 0 Å². The highest BCUT2D eigenvalue weighted by molar-refractivity contribution is 7.99. The molecule has 0 saturated carbocycles. The zero-order valence-electron chi connectivity index (χ0n) is 14.7. The van der Waals surface area contributed by atoms with Crippen molar-refractivity contribution < 1.29 is 0 Å². The van der Waals surface area contributed by atoms with E-state index in [0.29, 0.717) is 17.7 Å². The second kappa shape index (κ2) is 7.63. The summed E-state index contributed by atoms with van der Waals surface area (Å²) in [5.41, 5.74) is 1.90. The average Bonchev–Trinajstić information content (AvgIpc) is 3.13. The molecule has 0 radical (unpaired) electrons. The van der Waals surface area contributed by atoms with Crippen LogP contribution >= 0.6 is 11.8 Å². The third-order valence-corrected chi connectivity index (χ3v) is 5.09. The third kappa shape index (κ3) is 3.31. The lowest BCUT2D eigenvalue weighted by atomic mass is 10.2. The van der Waals surface area contributed by atoms with E-state index in [1.54, 1.807) is 22.4 Å². The molecule has 2 aromatic heterocycles. The molecular weight excluding hydrogens is 356 g/mol. The van der Waals surface area contributed by atoms with Crippen LogP contribution in [0.25, 0.3) is 22.8 Å². The molecule has 0 atom stereocenters. The second-order valence-electron chi connectivity index (χ2n) is 5.96.